The standard InChI is InChI=1S/C11H13NO5/c1-6(2)17-9-5-7(10(13)14)4-8(12-9)11(15)16-3/h4-6H,1-3H3,(H,13,14). The number of carbonyl (C=O) groups excluding carboxylic acids is 1. The zero-order chi connectivity index (χ0) is 13.0. The van der Waals surface area contributed by atoms with Crippen molar-refractivity contribution in [3.63, 3.8) is 0 Å². The third kappa shape index (κ3) is 3.44. The molecule has 0 saturated carbocycles. The number of ether oxygens (including phenoxy) is 2. The van der Waals surface area contributed by atoms with E-state index in [4.69, 9.17) is 9.84 Å². The Bertz CT molecular complexity index is 441. The molecule has 0 bridgehead atoms. The summed E-state index contributed by atoms with van der Waals surface area (Å²) in [5.41, 5.74) is -0.167. The Labute approximate surface area is 98.2 Å². The van der Waals surface area contributed by atoms with Crippen LogP contribution in [0.15, 0.2) is 12.1 Å². The van der Waals surface area contributed by atoms with Crippen molar-refractivity contribution in [1.82, 2.24) is 4.98 Å². The van der Waals surface area contributed by atoms with Crippen LogP contribution >= 0.6 is 0 Å². The molecule has 0 atom stereocenters. The Morgan fingerprint density at radius 3 is 2.47 bits per heavy atom. The predicted octanol–water partition coefficient (Wildman–Crippen LogP) is 1.35. The summed E-state index contributed by atoms with van der Waals surface area (Å²) in [6.45, 7) is 3.54. The molecule has 1 rings (SSSR count). The summed E-state index contributed by atoms with van der Waals surface area (Å²) in [6.07, 6.45) is -0.169. The molecule has 6 nitrogen and oxygen atoms in total. The lowest BCUT2D eigenvalue weighted by atomic mass is 10.2. The fraction of sp³-hybridized carbons (Fsp3) is 0.364. The first kappa shape index (κ1) is 13.0. The molecule has 0 aliphatic carbocycles. The van der Waals surface area contributed by atoms with Crippen molar-refractivity contribution in [2.45, 2.75) is 20.0 Å². The molecule has 0 radical (unpaired) electrons. The van der Waals surface area contributed by atoms with E-state index in [0.29, 0.717) is 0 Å². The van der Waals surface area contributed by atoms with Crippen LogP contribution in [0.1, 0.15) is 34.7 Å². The summed E-state index contributed by atoms with van der Waals surface area (Å²) in [6, 6.07) is 2.40. The van der Waals surface area contributed by atoms with Gasteiger partial charge in [0.1, 0.15) is 0 Å². The number of carboxylic acids is 1. The van der Waals surface area contributed by atoms with Crippen LogP contribution < -0.4 is 4.74 Å². The van der Waals surface area contributed by atoms with Crippen molar-refractivity contribution in [3.05, 3.63) is 23.4 Å². The largest absolute Gasteiger partial charge is 0.478 e. The summed E-state index contributed by atoms with van der Waals surface area (Å²) in [4.78, 5) is 26.0. The van der Waals surface area contributed by atoms with Crippen LogP contribution in [0, 0.1) is 0 Å². The van der Waals surface area contributed by atoms with Crippen molar-refractivity contribution in [2.75, 3.05) is 7.11 Å². The molecule has 1 aromatic rings. The number of carboxylic acid groups (broad SMARTS) is 1. The van der Waals surface area contributed by atoms with Crippen molar-refractivity contribution in [1.29, 1.82) is 0 Å². The van der Waals surface area contributed by atoms with Crippen LogP contribution in [0.25, 0.3) is 0 Å². The third-order valence-electron chi connectivity index (χ3n) is 1.80. The smallest absolute Gasteiger partial charge is 0.356 e. The van der Waals surface area contributed by atoms with Gasteiger partial charge >= 0.3 is 11.9 Å². The Morgan fingerprint density at radius 2 is 2.00 bits per heavy atom. The molecule has 6 heteroatoms. The molecular weight excluding hydrogens is 226 g/mol. The summed E-state index contributed by atoms with van der Waals surface area (Å²) in [7, 11) is 1.19. The minimum Gasteiger partial charge on any atom is -0.478 e. The second-order valence-corrected chi connectivity index (χ2v) is 3.54. The highest BCUT2D eigenvalue weighted by Gasteiger charge is 2.15. The van der Waals surface area contributed by atoms with Crippen LogP contribution in [0.3, 0.4) is 0 Å². The van der Waals surface area contributed by atoms with Gasteiger partial charge in [0.25, 0.3) is 0 Å². The van der Waals surface area contributed by atoms with Gasteiger partial charge in [-0.1, -0.05) is 0 Å². The zero-order valence-corrected chi connectivity index (χ0v) is 9.76. The van der Waals surface area contributed by atoms with Gasteiger partial charge in [0.15, 0.2) is 5.69 Å². The fourth-order valence-corrected chi connectivity index (χ4v) is 1.14. The molecule has 0 spiro atoms. The van der Waals surface area contributed by atoms with Gasteiger partial charge in [0.05, 0.1) is 18.8 Å². The molecule has 0 fully saturated rings. The first-order valence-corrected chi connectivity index (χ1v) is 4.94. The van der Waals surface area contributed by atoms with Crippen LogP contribution in [-0.2, 0) is 4.74 Å². The quantitative estimate of drug-likeness (QED) is 0.798. The molecular formula is C11H13NO5. The Balaban J connectivity index is 3.18. The van der Waals surface area contributed by atoms with E-state index >= 15 is 0 Å². The predicted molar refractivity (Wildman–Crippen MR) is 58.3 cm³/mol. The number of hydrogen-bond donors (Lipinski definition) is 1. The highest BCUT2D eigenvalue weighted by atomic mass is 16.5. The number of pyridine rings is 1. The van der Waals surface area contributed by atoms with Crippen LogP contribution in [0.4, 0.5) is 0 Å². The number of rotatable bonds is 4. The van der Waals surface area contributed by atoms with Crippen molar-refractivity contribution in [3.8, 4) is 5.88 Å². The minimum atomic E-state index is -1.16. The lowest BCUT2D eigenvalue weighted by Gasteiger charge is -2.10. The van der Waals surface area contributed by atoms with Crippen molar-refractivity contribution < 1.29 is 24.2 Å². The molecule has 0 amide bonds. The van der Waals surface area contributed by atoms with Gasteiger partial charge in [-0.15, -0.1) is 0 Å². The minimum absolute atomic E-state index is 0.0731. The topological polar surface area (TPSA) is 85.7 Å². The monoisotopic (exact) mass is 239 g/mol. The van der Waals surface area contributed by atoms with E-state index in [0.717, 1.165) is 6.07 Å². The van der Waals surface area contributed by atoms with E-state index in [2.05, 4.69) is 9.72 Å². The van der Waals surface area contributed by atoms with Crippen molar-refractivity contribution in [2.24, 2.45) is 0 Å². The van der Waals surface area contributed by atoms with Crippen LogP contribution in [0.2, 0.25) is 0 Å². The number of carbonyl (C=O) groups is 2. The number of hydrogen-bond acceptors (Lipinski definition) is 5. The number of methoxy groups -OCH3 is 1. The highest BCUT2D eigenvalue weighted by molar-refractivity contribution is 5.93. The molecule has 1 aromatic heterocycles. The molecule has 0 unspecified atom stereocenters. The first-order chi connectivity index (χ1) is 7.93. The molecule has 0 aliphatic rings. The number of aromatic nitrogens is 1. The maximum atomic E-state index is 11.3. The maximum Gasteiger partial charge on any atom is 0.356 e. The van der Waals surface area contributed by atoms with E-state index in [-0.39, 0.29) is 23.2 Å². The van der Waals surface area contributed by atoms with Crippen molar-refractivity contribution >= 4 is 11.9 Å². The third-order valence-corrected chi connectivity index (χ3v) is 1.80. The molecule has 1 heterocycles. The number of aromatic carboxylic acids is 1. The lowest BCUT2D eigenvalue weighted by molar-refractivity contribution is 0.0592. The SMILES string of the molecule is COC(=O)c1cc(C(=O)O)cc(OC(C)C)n1. The number of nitrogens with zero attached hydrogens (tertiary/aromatic N) is 1. The van der Waals surface area contributed by atoms with E-state index in [9.17, 15) is 9.59 Å². The van der Waals surface area contributed by atoms with Crippen LogP contribution in [-0.4, -0.2) is 35.2 Å². The van der Waals surface area contributed by atoms with E-state index in [1.54, 1.807) is 13.8 Å². The normalized spacial score (nSPS) is 10.1. The first-order valence-electron chi connectivity index (χ1n) is 4.94. The average molecular weight is 239 g/mol. The fourth-order valence-electron chi connectivity index (χ4n) is 1.14. The van der Waals surface area contributed by atoms with Gasteiger partial charge in [-0.05, 0) is 19.9 Å². The second-order valence-electron chi connectivity index (χ2n) is 3.54. The van der Waals surface area contributed by atoms with Gasteiger partial charge in [-0.25, -0.2) is 14.6 Å². The van der Waals surface area contributed by atoms with E-state index in [1.807, 2.05) is 0 Å². The molecule has 92 valence electrons. The molecule has 0 aromatic carbocycles. The van der Waals surface area contributed by atoms with E-state index in [1.165, 1.54) is 13.2 Å². The van der Waals surface area contributed by atoms with Gasteiger partial charge in [0, 0.05) is 6.07 Å². The molecule has 0 aliphatic heterocycles. The summed E-state index contributed by atoms with van der Waals surface area (Å²) in [5.74, 6) is -1.78. The molecule has 0 saturated heterocycles. The van der Waals surface area contributed by atoms with Gasteiger partial charge in [0.2, 0.25) is 5.88 Å². The van der Waals surface area contributed by atoms with Gasteiger partial charge < -0.3 is 14.6 Å². The maximum absolute atomic E-state index is 11.3. The second kappa shape index (κ2) is 5.29. The van der Waals surface area contributed by atoms with E-state index < -0.39 is 11.9 Å². The van der Waals surface area contributed by atoms with Crippen LogP contribution in [0.5, 0.6) is 5.88 Å². The van der Waals surface area contributed by atoms with Gasteiger partial charge in [-0.2, -0.15) is 0 Å². The molecule has 1 N–H and O–H groups in total. The lowest BCUT2D eigenvalue weighted by Crippen LogP contribution is -2.12. The summed E-state index contributed by atoms with van der Waals surface area (Å²) < 4.78 is 9.74. The Hall–Kier alpha value is -2.11. The molecule has 17 heavy (non-hydrogen) atoms. The summed E-state index contributed by atoms with van der Waals surface area (Å²) in [5, 5.41) is 8.89. The zero-order valence-electron chi connectivity index (χ0n) is 9.76. The van der Waals surface area contributed by atoms with Gasteiger partial charge in [-0.3, -0.25) is 0 Å². The average Bonchev–Trinajstić information content (AvgIpc) is 2.26. The Kier molecular flexibility index (Phi) is 4.03. The number of esters is 1. The Morgan fingerprint density at radius 1 is 1.35 bits per heavy atom. The highest BCUT2D eigenvalue weighted by Crippen LogP contribution is 2.15. The summed E-state index contributed by atoms with van der Waals surface area (Å²) >= 11 is 0.